The normalized spacial score (nSPS) is 19.5. The standard InChI is InChI=1S/C16H23N5O2S/c1-24(22,23)18-12-16-9-5-6-10-20(16)13-14-11-17-21(19-14)15-7-3-2-4-8-15/h2-4,7-8,11,16,18H,5-6,9-10,12-13H2,1H3/t16-/m0/s1. The van der Waals surface area contributed by atoms with Gasteiger partial charge >= 0.3 is 0 Å². The number of piperidine rings is 1. The highest BCUT2D eigenvalue weighted by atomic mass is 32.2. The van der Waals surface area contributed by atoms with Gasteiger partial charge in [0.2, 0.25) is 10.0 Å². The Kier molecular flexibility index (Phi) is 5.27. The Hall–Kier alpha value is -1.77. The number of sulfonamides is 1. The molecule has 1 aromatic heterocycles. The number of hydrogen-bond acceptors (Lipinski definition) is 5. The fourth-order valence-corrected chi connectivity index (χ4v) is 3.50. The minimum absolute atomic E-state index is 0.204. The van der Waals surface area contributed by atoms with Gasteiger partial charge in [-0.3, -0.25) is 4.90 Å². The zero-order valence-corrected chi connectivity index (χ0v) is 14.6. The van der Waals surface area contributed by atoms with E-state index < -0.39 is 10.0 Å². The highest BCUT2D eigenvalue weighted by Gasteiger charge is 2.24. The second-order valence-corrected chi connectivity index (χ2v) is 8.03. The number of aromatic nitrogens is 3. The van der Waals surface area contributed by atoms with Crippen molar-refractivity contribution in [1.29, 1.82) is 0 Å². The Balaban J connectivity index is 1.66. The van der Waals surface area contributed by atoms with E-state index in [0.29, 0.717) is 13.1 Å². The summed E-state index contributed by atoms with van der Waals surface area (Å²) in [7, 11) is -3.16. The molecular formula is C16H23N5O2S. The first-order chi connectivity index (χ1) is 11.5. The van der Waals surface area contributed by atoms with Crippen molar-refractivity contribution in [2.75, 3.05) is 19.3 Å². The summed E-state index contributed by atoms with van der Waals surface area (Å²) in [6.45, 7) is 2.09. The first kappa shape index (κ1) is 17.1. The third kappa shape index (κ3) is 4.62. The molecule has 2 heterocycles. The van der Waals surface area contributed by atoms with Gasteiger partial charge in [0.1, 0.15) is 0 Å². The maximum Gasteiger partial charge on any atom is 0.208 e. The van der Waals surface area contributed by atoms with E-state index in [9.17, 15) is 8.42 Å². The highest BCUT2D eigenvalue weighted by Crippen LogP contribution is 2.19. The zero-order chi connectivity index (χ0) is 17.0. The van der Waals surface area contributed by atoms with Crippen molar-refractivity contribution in [1.82, 2.24) is 24.6 Å². The molecule has 7 nitrogen and oxygen atoms in total. The lowest BCUT2D eigenvalue weighted by Crippen LogP contribution is -2.46. The van der Waals surface area contributed by atoms with Crippen LogP contribution in [-0.4, -0.2) is 53.7 Å². The number of nitrogens with zero attached hydrogens (tertiary/aromatic N) is 4. The smallest absolute Gasteiger partial charge is 0.208 e. The Morgan fingerprint density at radius 2 is 2.04 bits per heavy atom. The van der Waals surface area contributed by atoms with Gasteiger partial charge in [0, 0.05) is 19.1 Å². The zero-order valence-electron chi connectivity index (χ0n) is 13.8. The summed E-state index contributed by atoms with van der Waals surface area (Å²) in [4.78, 5) is 3.92. The van der Waals surface area contributed by atoms with Crippen molar-refractivity contribution in [3.8, 4) is 5.69 Å². The second-order valence-electron chi connectivity index (χ2n) is 6.20. The SMILES string of the molecule is CS(=O)(=O)NC[C@@H]1CCCCN1Cc1cnn(-c2ccccc2)n1. The van der Waals surface area contributed by atoms with Crippen molar-refractivity contribution in [2.45, 2.75) is 31.8 Å². The summed E-state index contributed by atoms with van der Waals surface area (Å²) in [5, 5.41) is 8.87. The molecule has 0 saturated carbocycles. The van der Waals surface area contributed by atoms with E-state index in [4.69, 9.17) is 0 Å². The average Bonchev–Trinajstić information content (AvgIpc) is 3.03. The largest absolute Gasteiger partial charge is 0.293 e. The molecule has 130 valence electrons. The minimum Gasteiger partial charge on any atom is -0.293 e. The fourth-order valence-electron chi connectivity index (χ4n) is 3.01. The topological polar surface area (TPSA) is 80.1 Å². The molecular weight excluding hydrogens is 326 g/mol. The molecule has 2 aromatic rings. The van der Waals surface area contributed by atoms with Crippen LogP contribution in [0.1, 0.15) is 25.0 Å². The number of nitrogens with one attached hydrogen (secondary N) is 1. The average molecular weight is 349 g/mol. The lowest BCUT2D eigenvalue weighted by atomic mass is 10.0. The molecule has 1 aromatic carbocycles. The molecule has 0 amide bonds. The third-order valence-corrected chi connectivity index (χ3v) is 4.91. The number of para-hydroxylation sites is 1. The van der Waals surface area contributed by atoms with Gasteiger partial charge in [-0.05, 0) is 31.5 Å². The van der Waals surface area contributed by atoms with Gasteiger partial charge in [0.05, 0.1) is 23.8 Å². The number of benzene rings is 1. The second kappa shape index (κ2) is 7.42. The Labute approximate surface area is 142 Å². The van der Waals surface area contributed by atoms with Gasteiger partial charge < -0.3 is 0 Å². The summed E-state index contributed by atoms with van der Waals surface area (Å²) in [5.41, 5.74) is 1.82. The molecule has 1 saturated heterocycles. The first-order valence-corrected chi connectivity index (χ1v) is 10.1. The van der Waals surface area contributed by atoms with Crippen LogP contribution < -0.4 is 4.72 Å². The van der Waals surface area contributed by atoms with Gasteiger partial charge in [0.15, 0.2) is 0 Å². The van der Waals surface area contributed by atoms with Crippen molar-refractivity contribution in [3.05, 3.63) is 42.2 Å². The summed E-state index contributed by atoms with van der Waals surface area (Å²) >= 11 is 0. The predicted molar refractivity (Wildman–Crippen MR) is 92.3 cm³/mol. The van der Waals surface area contributed by atoms with Crippen molar-refractivity contribution in [3.63, 3.8) is 0 Å². The summed E-state index contributed by atoms with van der Waals surface area (Å²) in [6, 6.07) is 10.00. The molecule has 0 unspecified atom stereocenters. The van der Waals surface area contributed by atoms with Gasteiger partial charge in [-0.2, -0.15) is 15.0 Å². The van der Waals surface area contributed by atoms with Crippen LogP contribution in [0.25, 0.3) is 5.69 Å². The van der Waals surface area contributed by atoms with E-state index in [1.54, 1.807) is 11.0 Å². The van der Waals surface area contributed by atoms with Crippen molar-refractivity contribution in [2.24, 2.45) is 0 Å². The molecule has 8 heteroatoms. The monoisotopic (exact) mass is 349 g/mol. The Bertz CT molecular complexity index is 760. The maximum absolute atomic E-state index is 11.3. The third-order valence-electron chi connectivity index (χ3n) is 4.22. The number of likely N-dealkylation sites (tertiary alicyclic amines) is 1. The fraction of sp³-hybridized carbons (Fsp3) is 0.500. The van der Waals surface area contributed by atoms with Crippen LogP contribution in [0.5, 0.6) is 0 Å². The van der Waals surface area contributed by atoms with Gasteiger partial charge in [-0.1, -0.05) is 24.6 Å². The molecule has 1 aliphatic rings. The molecule has 3 rings (SSSR count). The van der Waals surface area contributed by atoms with Crippen LogP contribution in [0, 0.1) is 0 Å². The summed E-state index contributed by atoms with van der Waals surface area (Å²) in [5.74, 6) is 0. The van der Waals surface area contributed by atoms with Crippen molar-refractivity contribution >= 4 is 10.0 Å². The highest BCUT2D eigenvalue weighted by molar-refractivity contribution is 7.88. The lowest BCUT2D eigenvalue weighted by molar-refractivity contribution is 0.140. The Morgan fingerprint density at radius 1 is 1.25 bits per heavy atom. The number of hydrogen-bond donors (Lipinski definition) is 1. The molecule has 1 N–H and O–H groups in total. The van der Waals surface area contributed by atoms with E-state index in [1.165, 1.54) is 6.26 Å². The van der Waals surface area contributed by atoms with Crippen LogP contribution in [0.15, 0.2) is 36.5 Å². The first-order valence-electron chi connectivity index (χ1n) is 8.16. The summed E-state index contributed by atoms with van der Waals surface area (Å²) in [6.07, 6.45) is 6.23. The van der Waals surface area contributed by atoms with Crippen LogP contribution in [-0.2, 0) is 16.6 Å². The molecule has 0 radical (unpaired) electrons. The van der Waals surface area contributed by atoms with Gasteiger partial charge in [0.25, 0.3) is 0 Å². The van der Waals surface area contributed by atoms with E-state index >= 15 is 0 Å². The lowest BCUT2D eigenvalue weighted by Gasteiger charge is -2.35. The van der Waals surface area contributed by atoms with Crippen LogP contribution in [0.4, 0.5) is 0 Å². The minimum atomic E-state index is -3.16. The van der Waals surface area contributed by atoms with Gasteiger partial charge in [-0.25, -0.2) is 13.1 Å². The molecule has 1 fully saturated rings. The van der Waals surface area contributed by atoms with E-state index in [2.05, 4.69) is 19.8 Å². The van der Waals surface area contributed by atoms with Gasteiger partial charge in [-0.15, -0.1) is 0 Å². The van der Waals surface area contributed by atoms with E-state index in [1.807, 2.05) is 30.3 Å². The van der Waals surface area contributed by atoms with Crippen LogP contribution in [0.3, 0.4) is 0 Å². The predicted octanol–water partition coefficient (Wildman–Crippen LogP) is 1.17. The summed E-state index contributed by atoms with van der Waals surface area (Å²) < 4.78 is 25.3. The molecule has 1 atom stereocenters. The molecule has 0 bridgehead atoms. The Morgan fingerprint density at radius 3 is 2.79 bits per heavy atom. The van der Waals surface area contributed by atoms with E-state index in [0.717, 1.165) is 37.2 Å². The molecule has 1 aliphatic heterocycles. The number of rotatable bonds is 6. The molecule has 0 spiro atoms. The molecule has 0 aliphatic carbocycles. The van der Waals surface area contributed by atoms with Crippen molar-refractivity contribution < 1.29 is 8.42 Å². The maximum atomic E-state index is 11.3. The van der Waals surface area contributed by atoms with E-state index in [-0.39, 0.29) is 6.04 Å². The quantitative estimate of drug-likeness (QED) is 0.847. The molecule has 24 heavy (non-hydrogen) atoms. The van der Waals surface area contributed by atoms with Crippen LogP contribution in [0.2, 0.25) is 0 Å². The van der Waals surface area contributed by atoms with Crippen LogP contribution >= 0.6 is 0 Å².